The molecule has 27 heavy (non-hydrogen) atoms. The minimum Gasteiger partial charge on any atom is -0.444 e. The molecule has 148 valence electrons. The molecule has 0 saturated carbocycles. The number of amides is 2. The summed E-state index contributed by atoms with van der Waals surface area (Å²) in [4.78, 5) is 23.1. The van der Waals surface area contributed by atoms with E-state index >= 15 is 0 Å². The number of alkyl halides is 3. The van der Waals surface area contributed by atoms with Gasteiger partial charge in [0.1, 0.15) is 5.60 Å². The molecule has 0 spiro atoms. The number of halogens is 3. The van der Waals surface area contributed by atoms with Gasteiger partial charge in [0.15, 0.2) is 0 Å². The van der Waals surface area contributed by atoms with Crippen LogP contribution in [0.25, 0.3) is 0 Å². The fourth-order valence-corrected chi connectivity index (χ4v) is 1.90. The number of carbonyl (C=O) groups excluding carboxylic acids is 2. The molecule has 1 rings (SSSR count). The van der Waals surface area contributed by atoms with Crippen LogP contribution in [-0.4, -0.2) is 30.7 Å². The van der Waals surface area contributed by atoms with Gasteiger partial charge < -0.3 is 15.4 Å². The Morgan fingerprint density at radius 2 is 1.85 bits per heavy atom. The minimum atomic E-state index is -4.42. The fourth-order valence-electron chi connectivity index (χ4n) is 1.90. The van der Waals surface area contributed by atoms with Crippen molar-refractivity contribution in [2.75, 3.05) is 13.1 Å². The maximum Gasteiger partial charge on any atom is 0.416 e. The number of ether oxygens (including phenoxy) is 1. The standard InChI is InChI=1S/C19H23F3N2O3/c1-18(2,3)27-17(26)24-12-6-10-16(25)23-11-5-8-14-7-4-9-15(13-14)19(20,21)22/h4,7,9,13H,6,10-12H2,1-3H3,(H,23,25)(H,24,26). The Balaban J connectivity index is 2.29. The van der Waals surface area contributed by atoms with E-state index in [0.29, 0.717) is 6.42 Å². The van der Waals surface area contributed by atoms with Crippen LogP contribution in [0, 0.1) is 11.8 Å². The third-order valence-electron chi connectivity index (χ3n) is 3.05. The van der Waals surface area contributed by atoms with Crippen molar-refractivity contribution in [1.82, 2.24) is 10.6 Å². The molecule has 0 fully saturated rings. The van der Waals surface area contributed by atoms with Gasteiger partial charge >= 0.3 is 12.3 Å². The molecule has 0 aromatic heterocycles. The van der Waals surface area contributed by atoms with E-state index in [1.807, 2.05) is 0 Å². The van der Waals surface area contributed by atoms with Crippen LogP contribution < -0.4 is 10.6 Å². The molecule has 1 aromatic rings. The van der Waals surface area contributed by atoms with Gasteiger partial charge in [-0.05, 0) is 45.4 Å². The predicted octanol–water partition coefficient (Wildman–Crippen LogP) is 3.48. The second-order valence-electron chi connectivity index (χ2n) is 6.69. The van der Waals surface area contributed by atoms with Gasteiger partial charge in [-0.1, -0.05) is 17.9 Å². The smallest absolute Gasteiger partial charge is 0.416 e. The molecule has 0 aliphatic carbocycles. The first-order valence-corrected chi connectivity index (χ1v) is 8.37. The monoisotopic (exact) mass is 384 g/mol. The summed E-state index contributed by atoms with van der Waals surface area (Å²) in [5, 5.41) is 5.09. The van der Waals surface area contributed by atoms with Crippen LogP contribution in [0.3, 0.4) is 0 Å². The summed E-state index contributed by atoms with van der Waals surface area (Å²) in [5.41, 5.74) is -1.13. The van der Waals surface area contributed by atoms with Gasteiger partial charge in [-0.25, -0.2) is 4.79 Å². The van der Waals surface area contributed by atoms with Gasteiger partial charge in [0.2, 0.25) is 5.91 Å². The maximum atomic E-state index is 12.6. The summed E-state index contributed by atoms with van der Waals surface area (Å²) in [5.74, 6) is 4.92. The number of benzene rings is 1. The van der Waals surface area contributed by atoms with Crippen molar-refractivity contribution in [3.05, 3.63) is 35.4 Å². The average Bonchev–Trinajstić information content (AvgIpc) is 2.53. The Hall–Kier alpha value is -2.69. The van der Waals surface area contributed by atoms with Crippen LogP contribution >= 0.6 is 0 Å². The van der Waals surface area contributed by atoms with E-state index in [2.05, 4.69) is 22.5 Å². The lowest BCUT2D eigenvalue weighted by Crippen LogP contribution is -2.33. The van der Waals surface area contributed by atoms with Gasteiger partial charge in [-0.2, -0.15) is 13.2 Å². The summed E-state index contributed by atoms with van der Waals surface area (Å²) >= 11 is 0. The van der Waals surface area contributed by atoms with E-state index in [9.17, 15) is 22.8 Å². The van der Waals surface area contributed by atoms with Gasteiger partial charge in [-0.15, -0.1) is 0 Å². The van der Waals surface area contributed by atoms with E-state index in [1.165, 1.54) is 12.1 Å². The maximum absolute atomic E-state index is 12.6. The molecule has 0 bridgehead atoms. The van der Waals surface area contributed by atoms with Gasteiger partial charge in [0, 0.05) is 18.5 Å². The highest BCUT2D eigenvalue weighted by atomic mass is 19.4. The van der Waals surface area contributed by atoms with Crippen molar-refractivity contribution in [3.63, 3.8) is 0 Å². The molecule has 0 atom stereocenters. The van der Waals surface area contributed by atoms with E-state index in [4.69, 9.17) is 4.74 Å². The van der Waals surface area contributed by atoms with E-state index in [1.54, 1.807) is 20.8 Å². The highest BCUT2D eigenvalue weighted by Gasteiger charge is 2.30. The molecule has 2 N–H and O–H groups in total. The Labute approximate surface area is 156 Å². The van der Waals surface area contributed by atoms with Crippen molar-refractivity contribution in [2.24, 2.45) is 0 Å². The topological polar surface area (TPSA) is 67.4 Å². The van der Waals surface area contributed by atoms with Gasteiger partial charge in [0.25, 0.3) is 0 Å². The lowest BCUT2D eigenvalue weighted by atomic mass is 10.1. The Morgan fingerprint density at radius 1 is 1.15 bits per heavy atom. The average molecular weight is 384 g/mol. The van der Waals surface area contributed by atoms with E-state index in [-0.39, 0.29) is 31.0 Å². The summed E-state index contributed by atoms with van der Waals surface area (Å²) in [6.07, 6.45) is -4.36. The van der Waals surface area contributed by atoms with Crippen molar-refractivity contribution in [1.29, 1.82) is 0 Å². The molecule has 0 heterocycles. The molecular weight excluding hydrogens is 361 g/mol. The number of rotatable bonds is 5. The van der Waals surface area contributed by atoms with Crippen LogP contribution in [0.15, 0.2) is 24.3 Å². The molecule has 0 aliphatic heterocycles. The van der Waals surface area contributed by atoms with Crippen molar-refractivity contribution in [2.45, 2.75) is 45.4 Å². The highest BCUT2D eigenvalue weighted by molar-refractivity contribution is 5.76. The van der Waals surface area contributed by atoms with Crippen molar-refractivity contribution < 1.29 is 27.5 Å². The first kappa shape index (κ1) is 22.4. The SMILES string of the molecule is CC(C)(C)OC(=O)NCCCC(=O)NCC#Cc1cccc(C(F)(F)F)c1. The number of hydrogen-bond donors (Lipinski definition) is 2. The zero-order chi connectivity index (χ0) is 20.5. The zero-order valence-corrected chi connectivity index (χ0v) is 15.5. The number of carbonyl (C=O) groups is 2. The predicted molar refractivity (Wildman–Crippen MR) is 94.8 cm³/mol. The van der Waals surface area contributed by atoms with E-state index in [0.717, 1.165) is 12.1 Å². The largest absolute Gasteiger partial charge is 0.444 e. The Bertz CT molecular complexity index is 713. The number of hydrogen-bond acceptors (Lipinski definition) is 3. The van der Waals surface area contributed by atoms with Crippen LogP contribution in [0.1, 0.15) is 44.7 Å². The molecule has 5 nitrogen and oxygen atoms in total. The molecule has 0 unspecified atom stereocenters. The Morgan fingerprint density at radius 3 is 2.48 bits per heavy atom. The summed E-state index contributed by atoms with van der Waals surface area (Å²) in [6.45, 7) is 5.56. The summed E-state index contributed by atoms with van der Waals surface area (Å²) < 4.78 is 42.9. The molecule has 8 heteroatoms. The summed E-state index contributed by atoms with van der Waals surface area (Å²) in [7, 11) is 0. The molecule has 0 aliphatic rings. The molecular formula is C19H23F3N2O3. The fraction of sp³-hybridized carbons (Fsp3) is 0.474. The zero-order valence-electron chi connectivity index (χ0n) is 15.5. The van der Waals surface area contributed by atoms with Gasteiger partial charge in [0.05, 0.1) is 12.1 Å². The Kier molecular flexibility index (Phi) is 8.16. The highest BCUT2D eigenvalue weighted by Crippen LogP contribution is 2.29. The van der Waals surface area contributed by atoms with E-state index < -0.39 is 23.4 Å². The summed E-state index contributed by atoms with van der Waals surface area (Å²) in [6, 6.07) is 4.67. The van der Waals surface area contributed by atoms with Crippen LogP contribution in [0.4, 0.5) is 18.0 Å². The van der Waals surface area contributed by atoms with Crippen LogP contribution in [0.2, 0.25) is 0 Å². The number of alkyl carbamates (subject to hydrolysis) is 1. The molecule has 0 saturated heterocycles. The molecule has 1 aromatic carbocycles. The number of nitrogens with one attached hydrogen (secondary N) is 2. The van der Waals surface area contributed by atoms with Crippen LogP contribution in [-0.2, 0) is 15.7 Å². The molecule has 2 amide bonds. The minimum absolute atomic E-state index is 0.0224. The third-order valence-corrected chi connectivity index (χ3v) is 3.05. The normalized spacial score (nSPS) is 11.2. The lowest BCUT2D eigenvalue weighted by molar-refractivity contribution is -0.137. The van der Waals surface area contributed by atoms with Gasteiger partial charge in [-0.3, -0.25) is 4.79 Å². The van der Waals surface area contributed by atoms with Crippen LogP contribution in [0.5, 0.6) is 0 Å². The second kappa shape index (κ2) is 9.86. The first-order valence-electron chi connectivity index (χ1n) is 8.37. The lowest BCUT2D eigenvalue weighted by Gasteiger charge is -2.19. The van der Waals surface area contributed by atoms with Crippen molar-refractivity contribution in [3.8, 4) is 11.8 Å². The quantitative estimate of drug-likeness (QED) is 0.603. The van der Waals surface area contributed by atoms with Crippen molar-refractivity contribution >= 4 is 12.0 Å². The first-order chi connectivity index (χ1) is 12.5. The third kappa shape index (κ3) is 10.1. The molecule has 0 radical (unpaired) electrons. The second-order valence-corrected chi connectivity index (χ2v) is 6.69.